The highest BCUT2D eigenvalue weighted by atomic mass is 16.5. The number of ether oxygens (including phenoxy) is 2. The van der Waals surface area contributed by atoms with Crippen LogP contribution in [0.4, 0.5) is 0 Å². The van der Waals surface area contributed by atoms with Crippen molar-refractivity contribution < 1.29 is 14.3 Å². The van der Waals surface area contributed by atoms with E-state index in [0.717, 1.165) is 31.6 Å². The van der Waals surface area contributed by atoms with E-state index < -0.39 is 0 Å². The predicted octanol–water partition coefficient (Wildman–Crippen LogP) is 4.27. The van der Waals surface area contributed by atoms with Gasteiger partial charge in [-0.05, 0) is 62.1 Å². The molecule has 1 fully saturated rings. The quantitative estimate of drug-likeness (QED) is 0.727. The number of amides is 1. The largest absolute Gasteiger partial charge is 0.494 e. The molecule has 2 aliphatic heterocycles. The third kappa shape index (κ3) is 3.10. The second-order valence-corrected chi connectivity index (χ2v) is 7.87. The Hall–Kier alpha value is -2.79. The molecule has 5 rings (SSSR count). The monoisotopic (exact) mass is 390 g/mol. The zero-order chi connectivity index (χ0) is 19.8. The van der Waals surface area contributed by atoms with Crippen LogP contribution in [0.2, 0.25) is 0 Å². The molecule has 1 spiro atoms. The number of piperidine rings is 1. The molecule has 5 nitrogen and oxygen atoms in total. The summed E-state index contributed by atoms with van der Waals surface area (Å²) >= 11 is 0. The van der Waals surface area contributed by atoms with E-state index in [1.807, 2.05) is 36.1 Å². The summed E-state index contributed by atoms with van der Waals surface area (Å²) in [5.41, 5.74) is 4.19. The van der Waals surface area contributed by atoms with Gasteiger partial charge in [0.15, 0.2) is 0 Å². The average Bonchev–Trinajstić information content (AvgIpc) is 3.15. The van der Waals surface area contributed by atoms with Crippen molar-refractivity contribution >= 4 is 16.8 Å². The molecule has 0 aliphatic carbocycles. The molecule has 3 aromatic rings. The highest BCUT2D eigenvalue weighted by Gasteiger charge is 2.43. The minimum atomic E-state index is -0.303. The van der Waals surface area contributed by atoms with E-state index in [2.05, 4.69) is 29.2 Å². The Kier molecular flexibility index (Phi) is 4.55. The summed E-state index contributed by atoms with van der Waals surface area (Å²) in [4.78, 5) is 18.5. The van der Waals surface area contributed by atoms with Crippen LogP contribution in [-0.4, -0.2) is 42.1 Å². The highest BCUT2D eigenvalue weighted by Crippen LogP contribution is 2.43. The van der Waals surface area contributed by atoms with Crippen molar-refractivity contribution in [3.05, 3.63) is 65.4 Å². The minimum absolute atomic E-state index is 0.0792. The van der Waals surface area contributed by atoms with Crippen molar-refractivity contribution in [3.8, 4) is 5.75 Å². The smallest absolute Gasteiger partial charge is 0.253 e. The van der Waals surface area contributed by atoms with Crippen LogP contribution in [0.3, 0.4) is 0 Å². The fourth-order valence-electron chi connectivity index (χ4n) is 4.78. The van der Waals surface area contributed by atoms with E-state index in [9.17, 15) is 4.79 Å². The molecule has 2 aromatic carbocycles. The van der Waals surface area contributed by atoms with Crippen molar-refractivity contribution in [2.45, 2.75) is 31.8 Å². The molecule has 1 aromatic heterocycles. The molecule has 0 radical (unpaired) electrons. The number of carbonyl (C=O) groups is 1. The molecule has 0 saturated carbocycles. The van der Waals surface area contributed by atoms with Crippen molar-refractivity contribution in [1.29, 1.82) is 0 Å². The standard InChI is InChI=1S/C24H26N2O3/c1-2-28-18-9-7-17(8-10-18)23(27)26-14-12-24(13-15-26)22-20(11-16-29-24)19-5-3-4-6-21(19)25-22/h3-10,25H,2,11-16H2,1H3. The lowest BCUT2D eigenvalue weighted by atomic mass is 9.83. The highest BCUT2D eigenvalue weighted by molar-refractivity contribution is 5.94. The number of hydrogen-bond acceptors (Lipinski definition) is 3. The maximum absolute atomic E-state index is 13.0. The fourth-order valence-corrected chi connectivity index (χ4v) is 4.78. The first kappa shape index (κ1) is 18.3. The number of fused-ring (bicyclic) bond motifs is 4. The number of aromatic nitrogens is 1. The number of carbonyl (C=O) groups excluding carboxylic acids is 1. The summed E-state index contributed by atoms with van der Waals surface area (Å²) in [6, 6.07) is 15.9. The van der Waals surface area contributed by atoms with Gasteiger partial charge in [0.1, 0.15) is 11.4 Å². The molecule has 0 unspecified atom stereocenters. The van der Waals surface area contributed by atoms with Crippen LogP contribution >= 0.6 is 0 Å². The minimum Gasteiger partial charge on any atom is -0.494 e. The van der Waals surface area contributed by atoms with E-state index in [0.29, 0.717) is 25.3 Å². The van der Waals surface area contributed by atoms with Crippen LogP contribution in [0.5, 0.6) is 5.75 Å². The lowest BCUT2D eigenvalue weighted by Gasteiger charge is -2.43. The van der Waals surface area contributed by atoms with Crippen molar-refractivity contribution in [2.75, 3.05) is 26.3 Å². The van der Waals surface area contributed by atoms with E-state index in [1.165, 1.54) is 22.2 Å². The lowest BCUT2D eigenvalue weighted by molar-refractivity contribution is -0.0957. The Morgan fingerprint density at radius 3 is 2.66 bits per heavy atom. The zero-order valence-electron chi connectivity index (χ0n) is 16.7. The van der Waals surface area contributed by atoms with Crippen LogP contribution in [0.15, 0.2) is 48.5 Å². The van der Waals surface area contributed by atoms with Gasteiger partial charge in [-0.1, -0.05) is 18.2 Å². The molecule has 0 atom stereocenters. The van der Waals surface area contributed by atoms with Gasteiger partial charge in [0.05, 0.1) is 18.9 Å². The topological polar surface area (TPSA) is 54.6 Å². The first-order chi connectivity index (χ1) is 14.2. The van der Waals surface area contributed by atoms with Gasteiger partial charge in [0.25, 0.3) is 5.91 Å². The number of H-pyrrole nitrogens is 1. The summed E-state index contributed by atoms with van der Waals surface area (Å²) in [5, 5.41) is 1.30. The molecule has 0 bridgehead atoms. The summed E-state index contributed by atoms with van der Waals surface area (Å²) in [5.74, 6) is 0.874. The average molecular weight is 390 g/mol. The summed E-state index contributed by atoms with van der Waals surface area (Å²) in [6.07, 6.45) is 2.57. The second-order valence-electron chi connectivity index (χ2n) is 7.87. The van der Waals surface area contributed by atoms with Gasteiger partial charge in [0.2, 0.25) is 0 Å². The molecule has 3 heterocycles. The van der Waals surface area contributed by atoms with E-state index in [4.69, 9.17) is 9.47 Å². The van der Waals surface area contributed by atoms with E-state index >= 15 is 0 Å². The SMILES string of the molecule is CCOc1ccc(C(=O)N2CCC3(CC2)OCCc2c3[nH]c3ccccc23)cc1. The second kappa shape index (κ2) is 7.23. The number of aromatic amines is 1. The van der Waals surface area contributed by atoms with Crippen LogP contribution in [0.1, 0.15) is 41.4 Å². The summed E-state index contributed by atoms with van der Waals surface area (Å²) in [7, 11) is 0. The fraction of sp³-hybridized carbons (Fsp3) is 0.375. The third-order valence-corrected chi connectivity index (χ3v) is 6.27. The van der Waals surface area contributed by atoms with Crippen molar-refractivity contribution in [1.82, 2.24) is 9.88 Å². The van der Waals surface area contributed by atoms with Crippen LogP contribution in [0, 0.1) is 0 Å². The predicted molar refractivity (Wildman–Crippen MR) is 112 cm³/mol. The molecule has 2 aliphatic rings. The number of rotatable bonds is 3. The summed E-state index contributed by atoms with van der Waals surface area (Å²) in [6.45, 7) is 4.70. The molecule has 1 amide bonds. The first-order valence-electron chi connectivity index (χ1n) is 10.5. The maximum Gasteiger partial charge on any atom is 0.253 e. The van der Waals surface area contributed by atoms with Crippen LogP contribution in [-0.2, 0) is 16.8 Å². The molecule has 1 saturated heterocycles. The number of benzene rings is 2. The van der Waals surface area contributed by atoms with E-state index in [1.54, 1.807) is 0 Å². The molecule has 150 valence electrons. The number of nitrogens with one attached hydrogen (secondary N) is 1. The number of para-hydroxylation sites is 1. The van der Waals surface area contributed by atoms with Gasteiger partial charge in [-0.25, -0.2) is 0 Å². The number of hydrogen-bond donors (Lipinski definition) is 1. The Morgan fingerprint density at radius 1 is 1.14 bits per heavy atom. The zero-order valence-corrected chi connectivity index (χ0v) is 16.7. The van der Waals surface area contributed by atoms with Gasteiger partial charge in [-0.15, -0.1) is 0 Å². The molecular formula is C24H26N2O3. The number of likely N-dealkylation sites (tertiary alicyclic amines) is 1. The van der Waals surface area contributed by atoms with Gasteiger partial charge < -0.3 is 19.4 Å². The summed E-state index contributed by atoms with van der Waals surface area (Å²) < 4.78 is 11.8. The van der Waals surface area contributed by atoms with Gasteiger partial charge in [-0.3, -0.25) is 4.79 Å². The first-order valence-corrected chi connectivity index (χ1v) is 10.5. The van der Waals surface area contributed by atoms with Gasteiger partial charge >= 0.3 is 0 Å². The number of nitrogens with zero attached hydrogens (tertiary/aromatic N) is 1. The maximum atomic E-state index is 13.0. The Bertz CT molecular complexity index is 1030. The normalized spacial score (nSPS) is 18.0. The molecule has 1 N–H and O–H groups in total. The molecule has 29 heavy (non-hydrogen) atoms. The Labute approximate surface area is 170 Å². The van der Waals surface area contributed by atoms with Crippen molar-refractivity contribution in [3.63, 3.8) is 0 Å². The third-order valence-electron chi connectivity index (χ3n) is 6.27. The van der Waals surface area contributed by atoms with Crippen molar-refractivity contribution in [2.24, 2.45) is 0 Å². The van der Waals surface area contributed by atoms with Gasteiger partial charge in [0, 0.05) is 29.6 Å². The van der Waals surface area contributed by atoms with Gasteiger partial charge in [-0.2, -0.15) is 0 Å². The van der Waals surface area contributed by atoms with Crippen LogP contribution in [0.25, 0.3) is 10.9 Å². The lowest BCUT2D eigenvalue weighted by Crippen LogP contribution is -2.48. The molecular weight excluding hydrogens is 364 g/mol. The Morgan fingerprint density at radius 2 is 1.90 bits per heavy atom. The Balaban J connectivity index is 1.35. The molecule has 5 heteroatoms. The van der Waals surface area contributed by atoms with E-state index in [-0.39, 0.29) is 11.5 Å². The van der Waals surface area contributed by atoms with Crippen LogP contribution < -0.4 is 4.74 Å².